The molecule has 0 spiro atoms. The number of halogens is 1. The summed E-state index contributed by atoms with van der Waals surface area (Å²) in [4.78, 5) is 15.2. The smallest absolute Gasteiger partial charge is 0.228 e. The monoisotopic (exact) mass is 381 g/mol. The molecular weight excluding hydrogens is 362 g/mol. The van der Waals surface area contributed by atoms with Crippen LogP contribution in [0.1, 0.15) is 38.6 Å². The van der Waals surface area contributed by atoms with E-state index in [1.807, 2.05) is 38.1 Å². The van der Waals surface area contributed by atoms with Gasteiger partial charge in [-0.3, -0.25) is 4.79 Å². The minimum Gasteiger partial charge on any atom is -0.482 e. The maximum atomic E-state index is 10.9. The largest absolute Gasteiger partial charge is 0.482 e. The van der Waals surface area contributed by atoms with E-state index >= 15 is 0 Å². The first-order valence-corrected chi connectivity index (χ1v) is 8.24. The minimum absolute atomic E-state index is 0.0802. The van der Waals surface area contributed by atoms with Gasteiger partial charge in [-0.05, 0) is 30.2 Å². The molecule has 0 aliphatic rings. The van der Waals surface area contributed by atoms with Crippen LogP contribution in [-0.2, 0) is 11.2 Å². The maximum Gasteiger partial charge on any atom is 0.228 e. The summed E-state index contributed by atoms with van der Waals surface area (Å²) in [5.74, 6) is 1.85. The third kappa shape index (κ3) is 5.35. The molecule has 1 heterocycles. The Morgan fingerprint density at radius 1 is 1.35 bits per heavy atom. The van der Waals surface area contributed by atoms with Crippen molar-refractivity contribution in [3.8, 4) is 5.75 Å². The molecule has 1 unspecified atom stereocenters. The van der Waals surface area contributed by atoms with Crippen molar-refractivity contribution in [1.82, 2.24) is 15.5 Å². The van der Waals surface area contributed by atoms with Crippen LogP contribution in [0.25, 0.3) is 0 Å². The van der Waals surface area contributed by atoms with Crippen molar-refractivity contribution in [3.05, 3.63) is 40.5 Å². The predicted octanol–water partition coefficient (Wildman–Crippen LogP) is 3.29. The molecule has 0 aliphatic heterocycles. The molecule has 0 radical (unpaired) electrons. The number of amides is 1. The van der Waals surface area contributed by atoms with Gasteiger partial charge < -0.3 is 14.6 Å². The van der Waals surface area contributed by atoms with E-state index in [0.717, 1.165) is 10.2 Å². The Bertz CT molecular complexity index is 640. The first-order chi connectivity index (χ1) is 11.0. The number of aromatic nitrogens is 2. The van der Waals surface area contributed by atoms with Gasteiger partial charge in [-0.25, -0.2) is 0 Å². The Balaban J connectivity index is 2.04. The molecule has 6 nitrogen and oxygen atoms in total. The zero-order chi connectivity index (χ0) is 16.8. The second-order valence-electron chi connectivity index (χ2n) is 5.52. The highest BCUT2D eigenvalue weighted by Crippen LogP contribution is 2.27. The molecule has 1 aromatic carbocycles. The summed E-state index contributed by atoms with van der Waals surface area (Å²) in [7, 11) is 0. The number of rotatable bonds is 7. The average Bonchev–Trinajstić information content (AvgIpc) is 2.94. The fourth-order valence-electron chi connectivity index (χ4n) is 1.98. The molecule has 2 rings (SSSR count). The minimum atomic E-state index is -0.297. The van der Waals surface area contributed by atoms with Gasteiger partial charge in [-0.15, -0.1) is 0 Å². The van der Waals surface area contributed by atoms with Crippen LogP contribution in [0.5, 0.6) is 5.75 Å². The molecule has 124 valence electrons. The van der Waals surface area contributed by atoms with E-state index in [1.165, 1.54) is 6.92 Å². The number of benzene rings is 1. The number of carbonyl (C=O) groups excluding carboxylic acids is 1. The van der Waals surface area contributed by atoms with Gasteiger partial charge in [0, 0.05) is 24.4 Å². The van der Waals surface area contributed by atoms with E-state index in [-0.39, 0.29) is 17.9 Å². The van der Waals surface area contributed by atoms with Gasteiger partial charge >= 0.3 is 0 Å². The molecule has 1 atom stereocenters. The van der Waals surface area contributed by atoms with Gasteiger partial charge in [0.25, 0.3) is 0 Å². The van der Waals surface area contributed by atoms with Crippen LogP contribution in [0.4, 0.5) is 0 Å². The van der Waals surface area contributed by atoms with Crippen molar-refractivity contribution in [2.75, 3.05) is 6.54 Å². The highest BCUT2D eigenvalue weighted by atomic mass is 79.9. The van der Waals surface area contributed by atoms with Crippen LogP contribution in [0.2, 0.25) is 0 Å². The van der Waals surface area contributed by atoms with Crippen LogP contribution >= 0.6 is 15.9 Å². The Morgan fingerprint density at radius 2 is 2.04 bits per heavy atom. The molecule has 23 heavy (non-hydrogen) atoms. The second kappa shape index (κ2) is 8.10. The van der Waals surface area contributed by atoms with Crippen LogP contribution in [0.3, 0.4) is 0 Å². The lowest BCUT2D eigenvalue weighted by atomic mass is 10.1. The van der Waals surface area contributed by atoms with Crippen LogP contribution < -0.4 is 10.1 Å². The number of ether oxygens (including phenoxy) is 1. The van der Waals surface area contributed by atoms with Gasteiger partial charge in [0.15, 0.2) is 6.10 Å². The molecule has 7 heteroatoms. The maximum absolute atomic E-state index is 10.9. The highest BCUT2D eigenvalue weighted by molar-refractivity contribution is 9.10. The summed E-state index contributed by atoms with van der Waals surface area (Å²) in [6.07, 6.45) is 0.199. The van der Waals surface area contributed by atoms with E-state index in [1.54, 1.807) is 0 Å². The zero-order valence-electron chi connectivity index (χ0n) is 13.4. The summed E-state index contributed by atoms with van der Waals surface area (Å²) >= 11 is 3.40. The first-order valence-electron chi connectivity index (χ1n) is 7.45. The van der Waals surface area contributed by atoms with Gasteiger partial charge in [-0.2, -0.15) is 4.98 Å². The van der Waals surface area contributed by atoms with E-state index < -0.39 is 0 Å². The standard InChI is InChI=1S/C16H20BrN3O3/c1-10(2)15(22-13-6-4-12(17)5-7-13)16-19-14(23-20-16)8-9-18-11(3)21/h4-7,10,15H,8-9H2,1-3H3,(H,18,21). The number of hydrogen-bond donors (Lipinski definition) is 1. The van der Waals surface area contributed by atoms with Gasteiger partial charge in [-0.1, -0.05) is 34.9 Å². The lowest BCUT2D eigenvalue weighted by Crippen LogP contribution is -2.22. The molecule has 0 bridgehead atoms. The van der Waals surface area contributed by atoms with Crippen molar-refractivity contribution in [3.63, 3.8) is 0 Å². The molecule has 0 fully saturated rings. The first kappa shape index (κ1) is 17.5. The Hall–Kier alpha value is -1.89. The van der Waals surface area contributed by atoms with Gasteiger partial charge in [0.05, 0.1) is 0 Å². The number of nitrogens with zero attached hydrogens (tertiary/aromatic N) is 2. The van der Waals surface area contributed by atoms with Gasteiger partial charge in [0.2, 0.25) is 17.6 Å². The number of hydrogen-bond acceptors (Lipinski definition) is 5. The molecule has 0 aliphatic carbocycles. The normalized spacial score (nSPS) is 12.2. The number of nitrogens with one attached hydrogen (secondary N) is 1. The Kier molecular flexibility index (Phi) is 6.15. The molecular formula is C16H20BrN3O3. The van der Waals surface area contributed by atoms with Crippen molar-refractivity contribution in [2.45, 2.75) is 33.3 Å². The predicted molar refractivity (Wildman–Crippen MR) is 89.0 cm³/mol. The van der Waals surface area contributed by atoms with E-state index in [9.17, 15) is 4.79 Å². The summed E-state index contributed by atoms with van der Waals surface area (Å²) in [6.45, 7) is 6.02. The van der Waals surface area contributed by atoms with Crippen LogP contribution in [0, 0.1) is 5.92 Å². The SMILES string of the molecule is CC(=O)NCCc1nc(C(Oc2ccc(Br)cc2)C(C)C)no1. The summed E-state index contributed by atoms with van der Waals surface area (Å²) in [5, 5.41) is 6.71. The molecule has 1 N–H and O–H groups in total. The second-order valence-corrected chi connectivity index (χ2v) is 6.43. The fourth-order valence-corrected chi connectivity index (χ4v) is 2.24. The van der Waals surface area contributed by atoms with Crippen LogP contribution in [0.15, 0.2) is 33.3 Å². The zero-order valence-corrected chi connectivity index (χ0v) is 15.0. The lowest BCUT2D eigenvalue weighted by molar-refractivity contribution is -0.118. The summed E-state index contributed by atoms with van der Waals surface area (Å²) in [5.41, 5.74) is 0. The summed E-state index contributed by atoms with van der Waals surface area (Å²) < 4.78 is 12.2. The molecule has 0 saturated carbocycles. The molecule has 0 saturated heterocycles. The molecule has 1 aromatic heterocycles. The molecule has 1 amide bonds. The van der Waals surface area contributed by atoms with Crippen molar-refractivity contribution in [1.29, 1.82) is 0 Å². The fraction of sp³-hybridized carbons (Fsp3) is 0.438. The topological polar surface area (TPSA) is 77.2 Å². The third-order valence-electron chi connectivity index (χ3n) is 3.13. The Morgan fingerprint density at radius 3 is 2.65 bits per heavy atom. The van der Waals surface area contributed by atoms with Crippen molar-refractivity contribution < 1.29 is 14.1 Å². The lowest BCUT2D eigenvalue weighted by Gasteiger charge is -2.19. The van der Waals surface area contributed by atoms with Gasteiger partial charge in [0.1, 0.15) is 5.75 Å². The van der Waals surface area contributed by atoms with Crippen molar-refractivity contribution >= 4 is 21.8 Å². The third-order valence-corrected chi connectivity index (χ3v) is 3.66. The van der Waals surface area contributed by atoms with E-state index in [0.29, 0.717) is 24.7 Å². The quantitative estimate of drug-likeness (QED) is 0.795. The van der Waals surface area contributed by atoms with Crippen LogP contribution in [-0.4, -0.2) is 22.6 Å². The van der Waals surface area contributed by atoms with E-state index in [2.05, 4.69) is 31.4 Å². The summed E-state index contributed by atoms with van der Waals surface area (Å²) in [6, 6.07) is 7.61. The average molecular weight is 382 g/mol. The number of carbonyl (C=O) groups is 1. The Labute approximate surface area is 143 Å². The highest BCUT2D eigenvalue weighted by Gasteiger charge is 2.24. The molecule has 2 aromatic rings. The van der Waals surface area contributed by atoms with Crippen molar-refractivity contribution in [2.24, 2.45) is 5.92 Å². The van der Waals surface area contributed by atoms with E-state index in [4.69, 9.17) is 9.26 Å².